The minimum atomic E-state index is -0.245. The summed E-state index contributed by atoms with van der Waals surface area (Å²) >= 11 is 0. The SMILES string of the molecule is CCC[C@@H]1CN(C(C)C)CC[C@@H]1N1CC[C@H](N)C1=O. The molecule has 0 saturated carbocycles. The van der Waals surface area contributed by atoms with E-state index in [1.165, 1.54) is 12.8 Å². The number of nitrogens with zero attached hydrogens (tertiary/aromatic N) is 2. The third kappa shape index (κ3) is 3.11. The van der Waals surface area contributed by atoms with Crippen LogP contribution >= 0.6 is 0 Å². The summed E-state index contributed by atoms with van der Waals surface area (Å²) < 4.78 is 0. The number of carbonyl (C=O) groups excluding carboxylic acids is 1. The number of piperidine rings is 1. The maximum absolute atomic E-state index is 12.2. The van der Waals surface area contributed by atoms with Gasteiger partial charge in [0, 0.05) is 31.7 Å². The highest BCUT2D eigenvalue weighted by atomic mass is 16.2. The van der Waals surface area contributed by atoms with E-state index in [0.29, 0.717) is 18.0 Å². The number of hydrogen-bond donors (Lipinski definition) is 1. The van der Waals surface area contributed by atoms with Crippen LogP contribution in [-0.2, 0) is 4.79 Å². The summed E-state index contributed by atoms with van der Waals surface area (Å²) in [6, 6.07) is 0.790. The van der Waals surface area contributed by atoms with Crippen molar-refractivity contribution in [3.8, 4) is 0 Å². The van der Waals surface area contributed by atoms with Gasteiger partial charge in [-0.25, -0.2) is 0 Å². The molecule has 0 radical (unpaired) electrons. The number of likely N-dealkylation sites (tertiary alicyclic amines) is 2. The van der Waals surface area contributed by atoms with Crippen LogP contribution in [0.4, 0.5) is 0 Å². The highest BCUT2D eigenvalue weighted by Crippen LogP contribution is 2.29. The van der Waals surface area contributed by atoms with Crippen LogP contribution < -0.4 is 5.73 Å². The quantitative estimate of drug-likeness (QED) is 0.838. The van der Waals surface area contributed by atoms with Crippen LogP contribution in [0.25, 0.3) is 0 Å². The van der Waals surface area contributed by atoms with Crippen LogP contribution in [0, 0.1) is 5.92 Å². The summed E-state index contributed by atoms with van der Waals surface area (Å²) in [5, 5.41) is 0. The maximum Gasteiger partial charge on any atom is 0.239 e. The Morgan fingerprint density at radius 3 is 2.58 bits per heavy atom. The van der Waals surface area contributed by atoms with Gasteiger partial charge in [0.25, 0.3) is 0 Å². The van der Waals surface area contributed by atoms with Gasteiger partial charge in [-0.1, -0.05) is 13.3 Å². The second kappa shape index (κ2) is 6.23. The predicted octanol–water partition coefficient (Wildman–Crippen LogP) is 1.45. The monoisotopic (exact) mass is 267 g/mol. The first-order valence-electron chi connectivity index (χ1n) is 7.84. The van der Waals surface area contributed by atoms with Crippen molar-refractivity contribution in [3.05, 3.63) is 0 Å². The summed E-state index contributed by atoms with van der Waals surface area (Å²) in [6.07, 6.45) is 4.36. The Balaban J connectivity index is 2.05. The van der Waals surface area contributed by atoms with Crippen LogP contribution in [0.5, 0.6) is 0 Å². The van der Waals surface area contributed by atoms with Gasteiger partial charge in [0.2, 0.25) is 5.91 Å². The molecule has 2 N–H and O–H groups in total. The Labute approximate surface area is 117 Å². The van der Waals surface area contributed by atoms with E-state index in [2.05, 4.69) is 30.6 Å². The fourth-order valence-corrected chi connectivity index (χ4v) is 3.64. The fourth-order valence-electron chi connectivity index (χ4n) is 3.64. The summed E-state index contributed by atoms with van der Waals surface area (Å²) in [6.45, 7) is 9.88. The highest BCUT2D eigenvalue weighted by molar-refractivity contribution is 5.84. The summed E-state index contributed by atoms with van der Waals surface area (Å²) in [5.41, 5.74) is 5.87. The lowest BCUT2D eigenvalue weighted by atomic mass is 9.87. The van der Waals surface area contributed by atoms with Gasteiger partial charge in [-0.15, -0.1) is 0 Å². The van der Waals surface area contributed by atoms with E-state index in [1.54, 1.807) is 0 Å². The van der Waals surface area contributed by atoms with Gasteiger partial charge in [-0.3, -0.25) is 4.79 Å². The minimum Gasteiger partial charge on any atom is -0.338 e. The third-order valence-corrected chi connectivity index (χ3v) is 4.80. The summed E-state index contributed by atoms with van der Waals surface area (Å²) in [7, 11) is 0. The van der Waals surface area contributed by atoms with Gasteiger partial charge >= 0.3 is 0 Å². The van der Waals surface area contributed by atoms with Crippen molar-refractivity contribution in [1.82, 2.24) is 9.80 Å². The first-order chi connectivity index (χ1) is 9.04. The molecule has 2 saturated heterocycles. The zero-order chi connectivity index (χ0) is 14.0. The second-order valence-electron chi connectivity index (χ2n) is 6.42. The lowest BCUT2D eigenvalue weighted by Gasteiger charge is -2.44. The lowest BCUT2D eigenvalue weighted by Crippen LogP contribution is -2.53. The van der Waals surface area contributed by atoms with Crippen LogP contribution in [0.3, 0.4) is 0 Å². The molecule has 3 atom stereocenters. The second-order valence-corrected chi connectivity index (χ2v) is 6.42. The molecule has 0 aromatic heterocycles. The molecule has 2 aliphatic rings. The van der Waals surface area contributed by atoms with Gasteiger partial charge in [0.15, 0.2) is 0 Å². The van der Waals surface area contributed by atoms with Crippen molar-refractivity contribution in [2.24, 2.45) is 11.7 Å². The van der Waals surface area contributed by atoms with Crippen molar-refractivity contribution < 1.29 is 4.79 Å². The molecule has 2 rings (SSSR count). The summed E-state index contributed by atoms with van der Waals surface area (Å²) in [5.74, 6) is 0.805. The zero-order valence-corrected chi connectivity index (χ0v) is 12.6. The molecule has 0 aromatic rings. The largest absolute Gasteiger partial charge is 0.338 e. The first-order valence-corrected chi connectivity index (χ1v) is 7.84. The number of hydrogen-bond acceptors (Lipinski definition) is 3. The van der Waals surface area contributed by atoms with Crippen molar-refractivity contribution in [3.63, 3.8) is 0 Å². The fraction of sp³-hybridized carbons (Fsp3) is 0.933. The molecule has 0 bridgehead atoms. The molecule has 0 spiro atoms. The van der Waals surface area contributed by atoms with Crippen molar-refractivity contribution >= 4 is 5.91 Å². The van der Waals surface area contributed by atoms with E-state index in [9.17, 15) is 4.79 Å². The molecule has 2 heterocycles. The number of amides is 1. The molecule has 19 heavy (non-hydrogen) atoms. The topological polar surface area (TPSA) is 49.6 Å². The van der Waals surface area contributed by atoms with Gasteiger partial charge in [0.05, 0.1) is 6.04 Å². The molecule has 4 heteroatoms. The molecule has 110 valence electrons. The molecule has 0 unspecified atom stereocenters. The molecule has 0 aromatic carbocycles. The van der Waals surface area contributed by atoms with Crippen molar-refractivity contribution in [1.29, 1.82) is 0 Å². The van der Waals surface area contributed by atoms with Crippen LogP contribution in [0.2, 0.25) is 0 Å². The van der Waals surface area contributed by atoms with E-state index >= 15 is 0 Å². The van der Waals surface area contributed by atoms with Gasteiger partial charge in [-0.2, -0.15) is 0 Å². The molecule has 2 fully saturated rings. The van der Waals surface area contributed by atoms with Gasteiger partial charge in [0.1, 0.15) is 0 Å². The maximum atomic E-state index is 12.2. The lowest BCUT2D eigenvalue weighted by molar-refractivity contribution is -0.133. The number of nitrogens with two attached hydrogens (primary N) is 1. The standard InChI is InChI=1S/C15H29N3O/c1-4-5-12-10-17(11(2)3)8-7-14(12)18-9-6-13(16)15(18)19/h11-14H,4-10,16H2,1-3H3/t12-,13+,14+/m1/s1. The van der Waals surface area contributed by atoms with Crippen LogP contribution in [0.1, 0.15) is 46.5 Å². The zero-order valence-electron chi connectivity index (χ0n) is 12.6. The Morgan fingerprint density at radius 1 is 1.32 bits per heavy atom. The van der Waals surface area contributed by atoms with E-state index in [1.807, 2.05) is 0 Å². The first kappa shape index (κ1) is 14.8. The predicted molar refractivity (Wildman–Crippen MR) is 77.8 cm³/mol. The minimum absolute atomic E-state index is 0.184. The Kier molecular flexibility index (Phi) is 4.85. The molecule has 4 nitrogen and oxygen atoms in total. The Hall–Kier alpha value is -0.610. The van der Waals surface area contributed by atoms with Gasteiger partial charge < -0.3 is 15.5 Å². The molecular formula is C15H29N3O. The Morgan fingerprint density at radius 2 is 2.05 bits per heavy atom. The van der Waals surface area contributed by atoms with E-state index in [-0.39, 0.29) is 11.9 Å². The Bertz CT molecular complexity index is 319. The third-order valence-electron chi connectivity index (χ3n) is 4.80. The van der Waals surface area contributed by atoms with Gasteiger partial charge in [-0.05, 0) is 39.0 Å². The van der Waals surface area contributed by atoms with Crippen LogP contribution in [0.15, 0.2) is 0 Å². The van der Waals surface area contributed by atoms with Crippen LogP contribution in [-0.4, -0.2) is 53.5 Å². The average Bonchev–Trinajstić information content (AvgIpc) is 2.70. The summed E-state index contributed by atoms with van der Waals surface area (Å²) in [4.78, 5) is 16.8. The molecule has 2 aliphatic heterocycles. The normalized spacial score (nSPS) is 33.4. The average molecular weight is 267 g/mol. The highest BCUT2D eigenvalue weighted by Gasteiger charge is 2.39. The molecular weight excluding hydrogens is 238 g/mol. The van der Waals surface area contributed by atoms with E-state index in [4.69, 9.17) is 5.73 Å². The molecule has 1 amide bonds. The molecule has 0 aliphatic carbocycles. The van der Waals surface area contributed by atoms with E-state index < -0.39 is 0 Å². The van der Waals surface area contributed by atoms with Crippen molar-refractivity contribution in [2.75, 3.05) is 19.6 Å². The number of rotatable bonds is 4. The van der Waals surface area contributed by atoms with E-state index in [0.717, 1.165) is 32.5 Å². The smallest absolute Gasteiger partial charge is 0.239 e. The number of carbonyl (C=O) groups is 1. The van der Waals surface area contributed by atoms with Crippen molar-refractivity contribution in [2.45, 2.75) is 64.6 Å².